The molecule has 0 aliphatic heterocycles. The SMILES string of the molecule is N#CCC(=O)[O-].N#CCC(=O)[O-].[Cd+2]. The van der Waals surface area contributed by atoms with Crippen LogP contribution in [0.4, 0.5) is 0 Å². The number of carbonyl (C=O) groups is 2. The van der Waals surface area contributed by atoms with Gasteiger partial charge in [-0.05, 0) is 0 Å². The van der Waals surface area contributed by atoms with Crippen LogP contribution in [0.1, 0.15) is 12.8 Å². The molecule has 0 saturated heterocycles. The Morgan fingerprint density at radius 2 is 1.23 bits per heavy atom. The van der Waals surface area contributed by atoms with Crippen molar-refractivity contribution in [3.05, 3.63) is 0 Å². The van der Waals surface area contributed by atoms with Crippen molar-refractivity contribution < 1.29 is 47.1 Å². The average molecular weight is 281 g/mol. The summed E-state index contributed by atoms with van der Waals surface area (Å²) in [6.07, 6.45) is -1.03. The number of nitrogens with zero attached hydrogens (tertiary/aromatic N) is 2. The number of carboxylic acid groups (broad SMARTS) is 2. The van der Waals surface area contributed by atoms with Crippen molar-refractivity contribution in [1.29, 1.82) is 10.5 Å². The molecule has 0 heterocycles. The third kappa shape index (κ3) is 36.2. The molecular weight excluding hydrogens is 276 g/mol. The summed E-state index contributed by atoms with van der Waals surface area (Å²) >= 11 is 0. The van der Waals surface area contributed by atoms with Crippen LogP contribution in [0, 0.1) is 22.7 Å². The Labute approximate surface area is 94.5 Å². The number of aliphatic carboxylic acids is 2. The first kappa shape index (κ1) is 17.8. The second kappa shape index (κ2) is 13.4. The van der Waals surface area contributed by atoms with E-state index in [4.69, 9.17) is 10.5 Å². The van der Waals surface area contributed by atoms with Crippen molar-refractivity contribution in [2.24, 2.45) is 0 Å². The number of hydrogen-bond donors (Lipinski definition) is 0. The molecule has 0 N–H and O–H groups in total. The van der Waals surface area contributed by atoms with E-state index in [1.54, 1.807) is 0 Å². The van der Waals surface area contributed by atoms with Crippen LogP contribution < -0.4 is 10.2 Å². The van der Waals surface area contributed by atoms with E-state index >= 15 is 0 Å². The van der Waals surface area contributed by atoms with Gasteiger partial charge in [0.15, 0.2) is 0 Å². The minimum Gasteiger partial charge on any atom is -0.549 e. The van der Waals surface area contributed by atoms with Crippen LogP contribution in [0.2, 0.25) is 0 Å². The van der Waals surface area contributed by atoms with E-state index in [0.29, 0.717) is 0 Å². The van der Waals surface area contributed by atoms with Crippen molar-refractivity contribution in [2.45, 2.75) is 12.8 Å². The molecule has 0 aliphatic rings. The zero-order valence-electron chi connectivity index (χ0n) is 6.65. The molecule has 0 unspecified atom stereocenters. The first-order valence-corrected chi connectivity index (χ1v) is 2.68. The van der Waals surface area contributed by atoms with E-state index in [2.05, 4.69) is 0 Å². The van der Waals surface area contributed by atoms with Gasteiger partial charge in [0, 0.05) is 0 Å². The summed E-state index contributed by atoms with van der Waals surface area (Å²) in [6, 6.07) is 2.81. The van der Waals surface area contributed by atoms with Gasteiger partial charge < -0.3 is 19.8 Å². The molecule has 13 heavy (non-hydrogen) atoms. The fourth-order valence-corrected chi connectivity index (χ4v) is 0.129. The van der Waals surface area contributed by atoms with Gasteiger partial charge >= 0.3 is 27.3 Å². The Kier molecular flexibility index (Phi) is 18.4. The largest absolute Gasteiger partial charge is 2.00 e. The summed E-state index contributed by atoms with van der Waals surface area (Å²) < 4.78 is 0. The van der Waals surface area contributed by atoms with Gasteiger partial charge in [0.1, 0.15) is 0 Å². The molecule has 0 fully saturated rings. The molecule has 0 amide bonds. The fourth-order valence-electron chi connectivity index (χ4n) is 0.129. The zero-order valence-corrected chi connectivity index (χ0v) is 10.7. The average Bonchev–Trinajstić information content (AvgIpc) is 1.87. The topological polar surface area (TPSA) is 128 Å². The van der Waals surface area contributed by atoms with Crippen molar-refractivity contribution in [2.75, 3.05) is 0 Å². The molecule has 0 radical (unpaired) electrons. The van der Waals surface area contributed by atoms with Crippen LogP contribution in [-0.4, -0.2) is 11.9 Å². The molecule has 0 aromatic rings. The van der Waals surface area contributed by atoms with Gasteiger partial charge in [-0.2, -0.15) is 10.5 Å². The number of hydrogen-bond acceptors (Lipinski definition) is 6. The molecule has 0 aromatic carbocycles. The number of rotatable bonds is 2. The van der Waals surface area contributed by atoms with Crippen molar-refractivity contribution in [1.82, 2.24) is 0 Å². The fraction of sp³-hybridized carbons (Fsp3) is 0.333. The van der Waals surface area contributed by atoms with Gasteiger partial charge in [-0.1, -0.05) is 0 Å². The zero-order chi connectivity index (χ0) is 9.98. The van der Waals surface area contributed by atoms with Crippen molar-refractivity contribution in [3.8, 4) is 12.1 Å². The van der Waals surface area contributed by atoms with E-state index < -0.39 is 24.8 Å². The number of nitriles is 2. The minimum atomic E-state index is -1.32. The summed E-state index contributed by atoms with van der Waals surface area (Å²) in [5.41, 5.74) is 0. The maximum atomic E-state index is 9.27. The molecule has 7 heteroatoms. The maximum Gasteiger partial charge on any atom is 2.00 e. The molecule has 0 bridgehead atoms. The van der Waals surface area contributed by atoms with Gasteiger partial charge in [-0.25, -0.2) is 0 Å². The minimum absolute atomic E-state index is 0. The molecule has 6 nitrogen and oxygen atoms in total. The van der Waals surface area contributed by atoms with Gasteiger partial charge in [0.25, 0.3) is 0 Å². The van der Waals surface area contributed by atoms with E-state index in [1.807, 2.05) is 0 Å². The van der Waals surface area contributed by atoms with Gasteiger partial charge in [-0.3, -0.25) is 0 Å². The molecule has 0 aliphatic carbocycles. The standard InChI is InChI=1S/2C3H3NO2.Cd/c2*4-2-1-3(5)6;/h2*1H2,(H,5,6);/q;;+2/p-2. The smallest absolute Gasteiger partial charge is 0.549 e. The van der Waals surface area contributed by atoms with E-state index in [0.717, 1.165) is 0 Å². The second-order valence-electron chi connectivity index (χ2n) is 1.41. The Bertz CT molecular complexity index is 214. The third-order valence-corrected chi connectivity index (χ3v) is 0.447. The summed E-state index contributed by atoms with van der Waals surface area (Å²) in [7, 11) is 0. The molecule has 0 atom stereocenters. The summed E-state index contributed by atoms with van der Waals surface area (Å²) in [6.45, 7) is 0. The van der Waals surface area contributed by atoms with E-state index in [-0.39, 0.29) is 27.3 Å². The predicted octanol–water partition coefficient (Wildman–Crippen LogP) is -2.70. The monoisotopic (exact) mass is 282 g/mol. The van der Waals surface area contributed by atoms with E-state index in [9.17, 15) is 19.8 Å². The molecular formula is C6H4CdN2O4. The van der Waals surface area contributed by atoms with Crippen LogP contribution in [0.3, 0.4) is 0 Å². The van der Waals surface area contributed by atoms with Gasteiger partial charge in [-0.15, -0.1) is 0 Å². The summed E-state index contributed by atoms with van der Waals surface area (Å²) in [5, 5.41) is 33.7. The Hall–Kier alpha value is -1.16. The third-order valence-electron chi connectivity index (χ3n) is 0.447. The van der Waals surface area contributed by atoms with Crippen LogP contribution in [0.5, 0.6) is 0 Å². The van der Waals surface area contributed by atoms with Crippen LogP contribution >= 0.6 is 0 Å². The quantitative estimate of drug-likeness (QED) is 0.506. The summed E-state index contributed by atoms with van der Waals surface area (Å²) in [5.74, 6) is -2.64. The second-order valence-corrected chi connectivity index (χ2v) is 1.41. The van der Waals surface area contributed by atoms with Crippen molar-refractivity contribution >= 4 is 11.9 Å². The first-order valence-electron chi connectivity index (χ1n) is 2.68. The van der Waals surface area contributed by atoms with Crippen LogP contribution in [-0.2, 0) is 36.9 Å². The van der Waals surface area contributed by atoms with Crippen LogP contribution in [0.15, 0.2) is 0 Å². The normalized spacial score (nSPS) is 6.00. The molecule has 0 saturated carbocycles. The maximum absolute atomic E-state index is 9.27. The van der Waals surface area contributed by atoms with Crippen molar-refractivity contribution in [3.63, 3.8) is 0 Å². The Morgan fingerprint density at radius 3 is 1.23 bits per heavy atom. The number of carbonyl (C=O) groups excluding carboxylic acids is 2. The van der Waals surface area contributed by atoms with E-state index in [1.165, 1.54) is 12.1 Å². The molecule has 0 aromatic heterocycles. The number of carboxylic acids is 2. The first-order chi connectivity index (χ1) is 5.54. The molecule has 64 valence electrons. The molecule has 0 rings (SSSR count). The van der Waals surface area contributed by atoms with Gasteiger partial charge in [0.05, 0.1) is 36.9 Å². The summed E-state index contributed by atoms with van der Waals surface area (Å²) in [4.78, 5) is 18.5. The predicted molar refractivity (Wildman–Crippen MR) is 30.5 cm³/mol. The van der Waals surface area contributed by atoms with Crippen LogP contribution in [0.25, 0.3) is 0 Å². The molecule has 0 spiro atoms. The van der Waals surface area contributed by atoms with Gasteiger partial charge in [0.2, 0.25) is 0 Å². The Balaban J connectivity index is -0.000000143. The Morgan fingerprint density at radius 1 is 1.00 bits per heavy atom.